The van der Waals surface area contributed by atoms with Gasteiger partial charge in [-0.2, -0.15) is 5.09 Å². The minimum absolute atomic E-state index is 0.0281. The number of H-pyrrole nitrogens is 1. The maximum absolute atomic E-state index is 16.4. The van der Waals surface area contributed by atoms with E-state index in [2.05, 4.69) is 5.09 Å². The summed E-state index contributed by atoms with van der Waals surface area (Å²) in [7, 11) is -4.49. The van der Waals surface area contributed by atoms with Crippen LogP contribution in [-0.2, 0) is 42.4 Å². The number of carbonyl (C=O) groups is 3. The second-order valence-electron chi connectivity index (χ2n) is 10.4. The van der Waals surface area contributed by atoms with Gasteiger partial charge in [-0.05, 0) is 39.3 Å². The number of hydrogen-bond donors (Lipinski definition) is 2. The largest absolute Gasteiger partial charge is 0.466 e. The van der Waals surface area contributed by atoms with E-state index >= 15 is 4.39 Å². The van der Waals surface area contributed by atoms with E-state index in [0.29, 0.717) is 0 Å². The summed E-state index contributed by atoms with van der Waals surface area (Å²) in [4.78, 5) is 63.8. The SMILES string of the molecule is C[C@@H]1N[P@@](=O)(Oc2ccccc2)OC[C@H]2O[C@@H](n3ccc(=O)[nH]c3=O)[C@](C)(F)[C@@H]2OC(=O)CCCOC(=O)C[C@H](C)OC1=O. The molecule has 0 saturated carbocycles. The van der Waals surface area contributed by atoms with E-state index in [0.717, 1.165) is 23.8 Å². The molecule has 2 aliphatic rings. The maximum atomic E-state index is 16.4. The topological polar surface area (TPSA) is 191 Å². The highest BCUT2D eigenvalue weighted by Gasteiger charge is 2.58. The standard InChI is InChI=1S/C27H33FN3O12P/c1-16-14-22(34)38-13-7-10-21(33)42-23-19(41-25(27(23,3)28)31-12-11-20(32)29-26(31)36)15-39-44(37,30-17(2)24(35)40-16)43-18-8-5-4-6-9-18/h4-6,8-9,11-12,16-17,19,23,25H,7,10,13-15H2,1-3H3,(H,30,37)(H,29,32,36)/t16-,17-,19+,23+,25+,27+,44-/m0/s1. The highest BCUT2D eigenvalue weighted by molar-refractivity contribution is 7.52. The van der Waals surface area contributed by atoms with Crippen molar-refractivity contribution < 1.29 is 51.3 Å². The predicted molar refractivity (Wildman–Crippen MR) is 148 cm³/mol. The van der Waals surface area contributed by atoms with Crippen LogP contribution < -0.4 is 20.9 Å². The zero-order valence-corrected chi connectivity index (χ0v) is 25.0. The van der Waals surface area contributed by atoms with Gasteiger partial charge in [0.1, 0.15) is 24.0 Å². The van der Waals surface area contributed by atoms with Gasteiger partial charge in [0.15, 0.2) is 18.0 Å². The van der Waals surface area contributed by atoms with E-state index in [9.17, 15) is 28.5 Å². The number of aromatic nitrogens is 2. The Labute approximate surface area is 250 Å². The van der Waals surface area contributed by atoms with Crippen LogP contribution >= 0.6 is 7.75 Å². The molecule has 2 fully saturated rings. The number of rotatable bonds is 3. The zero-order valence-electron chi connectivity index (χ0n) is 24.1. The van der Waals surface area contributed by atoms with Gasteiger partial charge in [-0.1, -0.05) is 18.2 Å². The number of hydrogen-bond acceptors (Lipinski definition) is 12. The number of aromatic amines is 1. The highest BCUT2D eigenvalue weighted by atomic mass is 31.2. The van der Waals surface area contributed by atoms with Crippen molar-refractivity contribution in [2.45, 2.75) is 76.3 Å². The molecule has 0 amide bonds. The van der Waals surface area contributed by atoms with Crippen molar-refractivity contribution in [1.29, 1.82) is 0 Å². The lowest BCUT2D eigenvalue weighted by Crippen LogP contribution is -2.46. The Kier molecular flexibility index (Phi) is 10.4. The molecule has 44 heavy (non-hydrogen) atoms. The molecule has 2 aromatic rings. The van der Waals surface area contributed by atoms with Gasteiger partial charge in [0.05, 0.1) is 19.6 Å². The van der Waals surface area contributed by atoms with E-state index in [-0.39, 0.29) is 31.6 Å². The van der Waals surface area contributed by atoms with Crippen LogP contribution in [-0.4, -0.2) is 70.7 Å². The number of alkyl halides is 1. The summed E-state index contributed by atoms with van der Waals surface area (Å²) in [5.74, 6) is -2.37. The highest BCUT2D eigenvalue weighted by Crippen LogP contribution is 2.48. The van der Waals surface area contributed by atoms with Crippen LogP contribution in [0.4, 0.5) is 4.39 Å². The Morgan fingerprint density at radius 1 is 1.05 bits per heavy atom. The van der Waals surface area contributed by atoms with Crippen LogP contribution in [0.15, 0.2) is 52.2 Å². The number of para-hydroxylation sites is 1. The maximum Gasteiger partial charge on any atom is 0.459 e. The van der Waals surface area contributed by atoms with E-state index in [4.69, 9.17) is 28.0 Å². The molecule has 0 spiro atoms. The Hall–Kier alpha value is -3.85. The van der Waals surface area contributed by atoms with E-state index in [1.54, 1.807) is 18.2 Å². The average Bonchev–Trinajstić information content (AvgIpc) is 3.19. The van der Waals surface area contributed by atoms with Crippen LogP contribution in [0.25, 0.3) is 0 Å². The van der Waals surface area contributed by atoms with E-state index in [1.807, 2.05) is 4.98 Å². The van der Waals surface area contributed by atoms with Crippen LogP contribution in [0.1, 0.15) is 46.3 Å². The molecule has 15 nitrogen and oxygen atoms in total. The van der Waals surface area contributed by atoms with Crippen LogP contribution in [0.3, 0.4) is 0 Å². The van der Waals surface area contributed by atoms with Gasteiger partial charge in [0.2, 0.25) is 0 Å². The Morgan fingerprint density at radius 3 is 2.48 bits per heavy atom. The molecule has 0 bridgehead atoms. The number of carbonyl (C=O) groups excluding carboxylic acids is 3. The molecule has 1 aromatic heterocycles. The molecule has 17 heteroatoms. The number of halogens is 1. The summed E-state index contributed by atoms with van der Waals surface area (Å²) in [6, 6.07) is 7.50. The lowest BCUT2D eigenvalue weighted by atomic mass is 9.98. The first-order chi connectivity index (χ1) is 20.8. The van der Waals surface area contributed by atoms with Crippen molar-refractivity contribution in [3.8, 4) is 5.75 Å². The molecule has 2 saturated heterocycles. The van der Waals surface area contributed by atoms with E-state index < -0.39 is 79.8 Å². The van der Waals surface area contributed by atoms with Gasteiger partial charge >= 0.3 is 31.3 Å². The number of nitrogens with zero attached hydrogens (tertiary/aromatic N) is 1. The van der Waals surface area contributed by atoms with Gasteiger partial charge in [-0.15, -0.1) is 0 Å². The third kappa shape index (κ3) is 8.20. The van der Waals surface area contributed by atoms with Gasteiger partial charge in [-0.3, -0.25) is 33.3 Å². The number of nitrogens with one attached hydrogen (secondary N) is 2. The Morgan fingerprint density at radius 2 is 1.77 bits per heavy atom. The molecule has 2 aliphatic heterocycles. The van der Waals surface area contributed by atoms with Gasteiger partial charge in [0.25, 0.3) is 5.56 Å². The lowest BCUT2D eigenvalue weighted by Gasteiger charge is -2.28. The average molecular weight is 642 g/mol. The van der Waals surface area contributed by atoms with Crippen molar-refractivity contribution in [1.82, 2.24) is 14.6 Å². The molecule has 240 valence electrons. The van der Waals surface area contributed by atoms with Crippen LogP contribution in [0.2, 0.25) is 0 Å². The number of ether oxygens (including phenoxy) is 4. The third-order valence-corrected chi connectivity index (χ3v) is 8.33. The van der Waals surface area contributed by atoms with Crippen molar-refractivity contribution in [2.24, 2.45) is 0 Å². The summed E-state index contributed by atoms with van der Waals surface area (Å²) in [5.41, 5.74) is -4.31. The normalized spacial score (nSPS) is 32.7. The molecule has 0 radical (unpaired) electrons. The quantitative estimate of drug-likeness (QED) is 0.281. The summed E-state index contributed by atoms with van der Waals surface area (Å²) >= 11 is 0. The minimum atomic E-state index is -4.49. The summed E-state index contributed by atoms with van der Waals surface area (Å²) in [6.07, 6.45) is -5.32. The summed E-state index contributed by atoms with van der Waals surface area (Å²) < 4.78 is 64.0. The smallest absolute Gasteiger partial charge is 0.459 e. The molecular weight excluding hydrogens is 608 g/mol. The fraction of sp³-hybridized carbons (Fsp3) is 0.519. The second-order valence-corrected chi connectivity index (χ2v) is 12.1. The van der Waals surface area contributed by atoms with Gasteiger partial charge < -0.3 is 23.5 Å². The number of cyclic esters (lactones) is 2. The lowest BCUT2D eigenvalue weighted by molar-refractivity contribution is -0.160. The van der Waals surface area contributed by atoms with Crippen molar-refractivity contribution >= 4 is 25.7 Å². The first kappa shape index (κ1) is 33.1. The van der Waals surface area contributed by atoms with Gasteiger partial charge in [0, 0.05) is 18.7 Å². The fourth-order valence-corrected chi connectivity index (χ4v) is 6.05. The first-order valence-electron chi connectivity index (χ1n) is 13.8. The predicted octanol–water partition coefficient (Wildman–Crippen LogP) is 1.91. The van der Waals surface area contributed by atoms with Crippen molar-refractivity contribution in [2.75, 3.05) is 13.2 Å². The van der Waals surface area contributed by atoms with E-state index in [1.165, 1.54) is 26.0 Å². The number of fused-ring (bicyclic) bond motifs is 1. The van der Waals surface area contributed by atoms with Gasteiger partial charge in [-0.25, -0.2) is 13.8 Å². The third-order valence-electron chi connectivity index (χ3n) is 6.69. The first-order valence-corrected chi connectivity index (χ1v) is 15.3. The second kappa shape index (κ2) is 13.8. The molecule has 0 aliphatic carbocycles. The van der Waals surface area contributed by atoms with Crippen LogP contribution in [0.5, 0.6) is 5.75 Å². The molecular formula is C27H33FN3O12P. The molecule has 1 aromatic carbocycles. The number of esters is 3. The Bertz CT molecular complexity index is 1510. The molecule has 4 rings (SSSR count). The molecule has 7 atom stereocenters. The fourth-order valence-electron chi connectivity index (χ4n) is 4.55. The zero-order chi connectivity index (χ0) is 32.1. The summed E-state index contributed by atoms with van der Waals surface area (Å²) in [5, 5.41) is 2.46. The number of benzene rings is 1. The summed E-state index contributed by atoms with van der Waals surface area (Å²) in [6.45, 7) is 2.94. The molecule has 3 heterocycles. The van der Waals surface area contributed by atoms with Crippen molar-refractivity contribution in [3.63, 3.8) is 0 Å². The van der Waals surface area contributed by atoms with Crippen LogP contribution in [0, 0.1) is 0 Å². The monoisotopic (exact) mass is 641 g/mol. The molecule has 0 unspecified atom stereocenters. The van der Waals surface area contributed by atoms with Crippen molar-refractivity contribution in [3.05, 3.63) is 63.4 Å². The minimum Gasteiger partial charge on any atom is -0.466 e. The molecule has 2 N–H and O–H groups in total. The Balaban J connectivity index is 1.67.